The molecule has 2 aliphatic rings. The van der Waals surface area contributed by atoms with E-state index < -0.39 is 24.7 Å². The van der Waals surface area contributed by atoms with Crippen LogP contribution in [0.15, 0.2) is 40.3 Å². The van der Waals surface area contributed by atoms with E-state index in [1.54, 1.807) is 6.08 Å². The van der Waals surface area contributed by atoms with Gasteiger partial charge in [0.1, 0.15) is 11.3 Å². The Morgan fingerprint density at radius 3 is 2.67 bits per heavy atom. The van der Waals surface area contributed by atoms with E-state index in [-0.39, 0.29) is 5.71 Å². The maximum absolute atomic E-state index is 11.8. The summed E-state index contributed by atoms with van der Waals surface area (Å²) in [6.07, 6.45) is 1.58. The summed E-state index contributed by atoms with van der Waals surface area (Å²) in [4.78, 5) is 20.4. The van der Waals surface area contributed by atoms with E-state index in [2.05, 4.69) is 9.98 Å². The zero-order chi connectivity index (χ0) is 15.0. The molecule has 0 unspecified atom stereocenters. The molecule has 6 heteroatoms. The van der Waals surface area contributed by atoms with Crippen LogP contribution in [0.25, 0.3) is 5.57 Å². The number of nitrogens with zero attached hydrogens (tertiary/aromatic N) is 2. The van der Waals surface area contributed by atoms with Gasteiger partial charge in [0.05, 0.1) is 31.7 Å². The lowest BCUT2D eigenvalue weighted by Crippen LogP contribution is -2.47. The van der Waals surface area contributed by atoms with E-state index in [4.69, 9.17) is 4.74 Å². The van der Waals surface area contributed by atoms with Crippen molar-refractivity contribution in [1.82, 2.24) is 0 Å². The molecule has 0 bridgehead atoms. The van der Waals surface area contributed by atoms with Crippen LogP contribution >= 0.6 is 0 Å². The van der Waals surface area contributed by atoms with Crippen LogP contribution in [0.2, 0.25) is 0 Å². The topological polar surface area (TPSA) is 91.5 Å². The van der Waals surface area contributed by atoms with Gasteiger partial charge in [-0.1, -0.05) is 18.2 Å². The first-order valence-electron chi connectivity index (χ1n) is 6.46. The maximum Gasteiger partial charge on any atom is 0.356 e. The molecule has 0 aromatic heterocycles. The SMILES string of the molecule is COC(=O)C1=NC(CO)(CO)C2=Nc3ccccc3C2=C1. The first-order valence-corrected chi connectivity index (χ1v) is 6.46. The van der Waals surface area contributed by atoms with Crippen LogP contribution in [0.4, 0.5) is 5.69 Å². The Morgan fingerprint density at radius 2 is 2.00 bits per heavy atom. The fourth-order valence-electron chi connectivity index (χ4n) is 2.54. The number of methoxy groups -OCH3 is 1. The molecule has 0 radical (unpaired) electrons. The molecule has 2 aliphatic heterocycles. The molecule has 6 nitrogen and oxygen atoms in total. The molecule has 2 heterocycles. The summed E-state index contributed by atoms with van der Waals surface area (Å²) in [5, 5.41) is 19.4. The zero-order valence-corrected chi connectivity index (χ0v) is 11.4. The molecule has 0 spiro atoms. The fourth-order valence-corrected chi connectivity index (χ4v) is 2.54. The van der Waals surface area contributed by atoms with E-state index in [1.807, 2.05) is 24.3 Å². The molecular weight excluding hydrogens is 272 g/mol. The Morgan fingerprint density at radius 1 is 1.29 bits per heavy atom. The van der Waals surface area contributed by atoms with Gasteiger partial charge < -0.3 is 14.9 Å². The van der Waals surface area contributed by atoms with Crippen LogP contribution in [0, 0.1) is 0 Å². The standard InChI is InChI=1S/C15H14N2O4/c1-21-14(20)12-6-10-9-4-2-3-5-11(9)16-13(10)15(7-18,8-19)17-12/h2-6,18-19H,7-8H2,1H3. The Balaban J connectivity index is 2.21. The number of dihydropyridines is 1. The number of aliphatic imine (C=N–C) groups is 2. The molecule has 0 fully saturated rings. The molecule has 0 aliphatic carbocycles. The number of benzene rings is 1. The molecule has 0 saturated heterocycles. The monoisotopic (exact) mass is 286 g/mol. The molecule has 108 valence electrons. The number of hydrogen-bond acceptors (Lipinski definition) is 6. The van der Waals surface area contributed by atoms with Gasteiger partial charge in [0.15, 0.2) is 0 Å². The average molecular weight is 286 g/mol. The van der Waals surface area contributed by atoms with Gasteiger partial charge in [0, 0.05) is 11.1 Å². The van der Waals surface area contributed by atoms with E-state index in [0.29, 0.717) is 11.3 Å². The number of rotatable bonds is 3. The third kappa shape index (κ3) is 1.91. The van der Waals surface area contributed by atoms with E-state index >= 15 is 0 Å². The summed E-state index contributed by atoms with van der Waals surface area (Å²) in [6, 6.07) is 7.42. The van der Waals surface area contributed by atoms with Crippen molar-refractivity contribution < 1.29 is 19.7 Å². The predicted molar refractivity (Wildman–Crippen MR) is 77.9 cm³/mol. The Hall–Kier alpha value is -2.31. The molecule has 1 aromatic rings. The van der Waals surface area contributed by atoms with E-state index in [0.717, 1.165) is 11.3 Å². The summed E-state index contributed by atoms with van der Waals surface area (Å²) in [5.74, 6) is -0.614. The number of hydrogen-bond donors (Lipinski definition) is 2. The molecule has 3 rings (SSSR count). The zero-order valence-electron chi connectivity index (χ0n) is 11.4. The van der Waals surface area contributed by atoms with Crippen LogP contribution in [0.3, 0.4) is 0 Å². The molecule has 0 saturated carbocycles. The first-order chi connectivity index (χ1) is 10.1. The lowest BCUT2D eigenvalue weighted by Gasteiger charge is -2.30. The predicted octanol–water partition coefficient (Wildman–Crippen LogP) is 0.507. The molecule has 21 heavy (non-hydrogen) atoms. The van der Waals surface area contributed by atoms with Gasteiger partial charge in [-0.25, -0.2) is 9.79 Å². The van der Waals surface area contributed by atoms with Crippen molar-refractivity contribution in [3.8, 4) is 0 Å². The number of esters is 1. The number of aliphatic hydroxyl groups excluding tert-OH is 2. The Kier molecular flexibility index (Phi) is 3.19. The van der Waals surface area contributed by atoms with Crippen molar-refractivity contribution in [2.24, 2.45) is 9.98 Å². The fraction of sp³-hybridized carbons (Fsp3) is 0.267. The molecule has 0 atom stereocenters. The van der Waals surface area contributed by atoms with Gasteiger partial charge in [-0.2, -0.15) is 0 Å². The van der Waals surface area contributed by atoms with E-state index in [1.165, 1.54) is 7.11 Å². The Labute approximate surface area is 121 Å². The normalized spacial score (nSPS) is 18.1. The minimum absolute atomic E-state index is 0.0613. The van der Waals surface area contributed by atoms with Crippen LogP contribution in [-0.4, -0.2) is 53.5 Å². The number of para-hydroxylation sites is 1. The summed E-state index contributed by atoms with van der Waals surface area (Å²) < 4.78 is 4.69. The number of fused-ring (bicyclic) bond motifs is 3. The number of ether oxygens (including phenoxy) is 1. The van der Waals surface area contributed by atoms with Crippen LogP contribution in [0.5, 0.6) is 0 Å². The highest BCUT2D eigenvalue weighted by molar-refractivity contribution is 6.49. The van der Waals surface area contributed by atoms with Gasteiger partial charge in [0.2, 0.25) is 0 Å². The number of aliphatic hydroxyl groups is 2. The maximum atomic E-state index is 11.8. The van der Waals surface area contributed by atoms with Gasteiger partial charge >= 0.3 is 5.97 Å². The lowest BCUT2D eigenvalue weighted by atomic mass is 9.85. The average Bonchev–Trinajstić information content (AvgIpc) is 2.92. The largest absolute Gasteiger partial charge is 0.464 e. The minimum atomic E-state index is -1.33. The van der Waals surface area contributed by atoms with Gasteiger partial charge in [-0.3, -0.25) is 4.99 Å². The highest BCUT2D eigenvalue weighted by Crippen LogP contribution is 2.41. The molecule has 1 aromatic carbocycles. The van der Waals surface area contributed by atoms with Crippen molar-refractivity contribution in [3.63, 3.8) is 0 Å². The first kappa shape index (κ1) is 13.7. The minimum Gasteiger partial charge on any atom is -0.464 e. The molecular formula is C15H14N2O4. The van der Waals surface area contributed by atoms with Crippen molar-refractivity contribution >= 4 is 28.7 Å². The second-order valence-corrected chi connectivity index (χ2v) is 4.87. The number of carbonyl (C=O) groups is 1. The van der Waals surface area contributed by atoms with Crippen LogP contribution in [0.1, 0.15) is 5.56 Å². The summed E-state index contributed by atoms with van der Waals surface area (Å²) in [6.45, 7) is -0.900. The van der Waals surface area contributed by atoms with Crippen LogP contribution < -0.4 is 0 Å². The van der Waals surface area contributed by atoms with Crippen LogP contribution in [-0.2, 0) is 9.53 Å². The van der Waals surface area contributed by atoms with Gasteiger partial charge in [0.25, 0.3) is 0 Å². The second-order valence-electron chi connectivity index (χ2n) is 4.87. The van der Waals surface area contributed by atoms with Crippen molar-refractivity contribution in [3.05, 3.63) is 35.9 Å². The highest BCUT2D eigenvalue weighted by atomic mass is 16.5. The van der Waals surface area contributed by atoms with Crippen molar-refractivity contribution in [2.45, 2.75) is 5.54 Å². The summed E-state index contributed by atoms with van der Waals surface area (Å²) in [7, 11) is 1.26. The Bertz CT molecular complexity index is 699. The third-order valence-corrected chi connectivity index (χ3v) is 3.66. The highest BCUT2D eigenvalue weighted by Gasteiger charge is 2.43. The third-order valence-electron chi connectivity index (χ3n) is 3.66. The quantitative estimate of drug-likeness (QED) is 0.792. The van der Waals surface area contributed by atoms with Crippen molar-refractivity contribution in [1.29, 1.82) is 0 Å². The molecule has 0 amide bonds. The van der Waals surface area contributed by atoms with Crippen molar-refractivity contribution in [2.75, 3.05) is 20.3 Å². The second kappa shape index (κ2) is 4.91. The van der Waals surface area contributed by atoms with E-state index in [9.17, 15) is 15.0 Å². The smallest absolute Gasteiger partial charge is 0.356 e. The van der Waals surface area contributed by atoms with Gasteiger partial charge in [-0.05, 0) is 12.1 Å². The number of carbonyl (C=O) groups excluding carboxylic acids is 1. The molecule has 2 N–H and O–H groups in total. The van der Waals surface area contributed by atoms with Gasteiger partial charge in [-0.15, -0.1) is 0 Å². The summed E-state index contributed by atoms with van der Waals surface area (Å²) in [5.41, 5.74) is 1.46. The summed E-state index contributed by atoms with van der Waals surface area (Å²) >= 11 is 0. The lowest BCUT2D eigenvalue weighted by molar-refractivity contribution is -0.132.